The summed E-state index contributed by atoms with van der Waals surface area (Å²) >= 11 is 6.21. The Balaban J connectivity index is 3.23. The lowest BCUT2D eigenvalue weighted by Gasteiger charge is -2.18. The van der Waals surface area contributed by atoms with Gasteiger partial charge in [0.05, 0.1) is 26.7 Å². The number of Topliss-reactive ketones (excluding diaryl/α,β-unsaturated/α-hetero) is 1. The van der Waals surface area contributed by atoms with E-state index < -0.39 is 5.38 Å². The molecule has 100 valence electrons. The van der Waals surface area contributed by atoms with Crippen LogP contribution in [0.25, 0.3) is 0 Å². The van der Waals surface area contributed by atoms with E-state index in [4.69, 9.17) is 25.8 Å². The van der Waals surface area contributed by atoms with Crippen LogP contribution >= 0.6 is 11.6 Å². The Morgan fingerprint density at radius 3 is 2.22 bits per heavy atom. The van der Waals surface area contributed by atoms with Crippen molar-refractivity contribution in [1.82, 2.24) is 0 Å². The standard InChI is InChI=1S/C13H17ClO4/c1-8(15)7-10(14)9-5-6-11(16-2)13(18-4)12(9)17-3/h5-6,10H,7H2,1-4H3. The van der Waals surface area contributed by atoms with E-state index in [1.807, 2.05) is 0 Å². The molecule has 0 aliphatic rings. The van der Waals surface area contributed by atoms with Gasteiger partial charge >= 0.3 is 0 Å². The molecule has 1 rings (SSSR count). The molecule has 1 unspecified atom stereocenters. The number of ketones is 1. The molecule has 0 bridgehead atoms. The second kappa shape index (κ2) is 6.50. The SMILES string of the molecule is COc1ccc(C(Cl)CC(C)=O)c(OC)c1OC. The molecule has 1 aromatic rings. The number of methoxy groups -OCH3 is 3. The molecule has 0 saturated carbocycles. The first-order valence-corrected chi connectivity index (χ1v) is 5.91. The van der Waals surface area contributed by atoms with Crippen LogP contribution in [0.15, 0.2) is 12.1 Å². The summed E-state index contributed by atoms with van der Waals surface area (Å²) in [6, 6.07) is 3.52. The van der Waals surface area contributed by atoms with Crippen molar-refractivity contribution in [1.29, 1.82) is 0 Å². The summed E-state index contributed by atoms with van der Waals surface area (Å²) in [5, 5.41) is -0.447. The summed E-state index contributed by atoms with van der Waals surface area (Å²) in [6.07, 6.45) is 0.243. The molecule has 0 radical (unpaired) electrons. The molecule has 0 amide bonds. The topological polar surface area (TPSA) is 44.8 Å². The van der Waals surface area contributed by atoms with Crippen molar-refractivity contribution in [3.63, 3.8) is 0 Å². The maximum absolute atomic E-state index is 11.1. The maximum atomic E-state index is 11.1. The van der Waals surface area contributed by atoms with Gasteiger partial charge in [-0.05, 0) is 19.1 Å². The van der Waals surface area contributed by atoms with E-state index in [-0.39, 0.29) is 12.2 Å². The molecule has 1 aromatic carbocycles. The predicted octanol–water partition coefficient (Wildman–Crippen LogP) is 2.97. The van der Waals surface area contributed by atoms with E-state index in [1.54, 1.807) is 19.2 Å². The number of carbonyl (C=O) groups excluding carboxylic acids is 1. The van der Waals surface area contributed by atoms with Crippen molar-refractivity contribution in [2.45, 2.75) is 18.7 Å². The van der Waals surface area contributed by atoms with E-state index in [2.05, 4.69) is 0 Å². The molecule has 0 saturated heterocycles. The van der Waals surface area contributed by atoms with Gasteiger partial charge in [0.25, 0.3) is 0 Å². The summed E-state index contributed by atoms with van der Waals surface area (Å²) in [4.78, 5) is 11.1. The fourth-order valence-electron chi connectivity index (χ4n) is 1.73. The second-order valence-electron chi connectivity index (χ2n) is 3.80. The zero-order valence-electron chi connectivity index (χ0n) is 11.0. The van der Waals surface area contributed by atoms with Crippen molar-refractivity contribution in [2.24, 2.45) is 0 Å². The van der Waals surface area contributed by atoms with Crippen molar-refractivity contribution in [2.75, 3.05) is 21.3 Å². The van der Waals surface area contributed by atoms with Gasteiger partial charge in [0.15, 0.2) is 11.5 Å². The molecule has 0 heterocycles. The summed E-state index contributed by atoms with van der Waals surface area (Å²) in [6.45, 7) is 1.50. The van der Waals surface area contributed by atoms with Crippen LogP contribution in [0.4, 0.5) is 0 Å². The van der Waals surface area contributed by atoms with Crippen LogP contribution < -0.4 is 14.2 Å². The zero-order valence-corrected chi connectivity index (χ0v) is 11.7. The monoisotopic (exact) mass is 272 g/mol. The van der Waals surface area contributed by atoms with Crippen LogP contribution in [0.2, 0.25) is 0 Å². The Morgan fingerprint density at radius 2 is 1.78 bits per heavy atom. The molecule has 0 aromatic heterocycles. The fourth-order valence-corrected chi connectivity index (χ4v) is 2.12. The Kier molecular flexibility index (Phi) is 5.28. The first-order chi connectivity index (χ1) is 8.54. The number of alkyl halides is 1. The van der Waals surface area contributed by atoms with Crippen LogP contribution in [-0.4, -0.2) is 27.1 Å². The summed E-state index contributed by atoms with van der Waals surface area (Å²) < 4.78 is 15.8. The first kappa shape index (κ1) is 14.6. The third kappa shape index (κ3) is 3.07. The number of hydrogen-bond acceptors (Lipinski definition) is 4. The predicted molar refractivity (Wildman–Crippen MR) is 70.0 cm³/mol. The van der Waals surface area contributed by atoms with Gasteiger partial charge < -0.3 is 14.2 Å². The van der Waals surface area contributed by atoms with Gasteiger partial charge in [-0.1, -0.05) is 0 Å². The highest BCUT2D eigenvalue weighted by Gasteiger charge is 2.21. The fraction of sp³-hybridized carbons (Fsp3) is 0.462. The van der Waals surface area contributed by atoms with Gasteiger partial charge in [0.1, 0.15) is 5.78 Å². The van der Waals surface area contributed by atoms with Crippen LogP contribution in [0.3, 0.4) is 0 Å². The van der Waals surface area contributed by atoms with Gasteiger partial charge in [-0.25, -0.2) is 0 Å². The first-order valence-electron chi connectivity index (χ1n) is 5.47. The highest BCUT2D eigenvalue weighted by Crippen LogP contribution is 2.44. The van der Waals surface area contributed by atoms with Crippen LogP contribution in [0.1, 0.15) is 24.3 Å². The largest absolute Gasteiger partial charge is 0.493 e. The minimum Gasteiger partial charge on any atom is -0.493 e. The minimum absolute atomic E-state index is 0.0202. The number of ether oxygens (including phenoxy) is 3. The third-order valence-electron chi connectivity index (χ3n) is 2.54. The quantitative estimate of drug-likeness (QED) is 0.747. The van der Waals surface area contributed by atoms with Crippen LogP contribution in [-0.2, 0) is 4.79 Å². The summed E-state index contributed by atoms with van der Waals surface area (Å²) in [5.41, 5.74) is 0.715. The Morgan fingerprint density at radius 1 is 1.17 bits per heavy atom. The smallest absolute Gasteiger partial charge is 0.203 e. The Labute approximate surface area is 112 Å². The molecular formula is C13H17ClO4. The highest BCUT2D eigenvalue weighted by atomic mass is 35.5. The Bertz CT molecular complexity index is 431. The summed E-state index contributed by atoms with van der Waals surface area (Å²) in [7, 11) is 4.60. The maximum Gasteiger partial charge on any atom is 0.203 e. The molecule has 0 aliphatic carbocycles. The van der Waals surface area contributed by atoms with Crippen molar-refractivity contribution >= 4 is 17.4 Å². The van der Waals surface area contributed by atoms with E-state index in [0.29, 0.717) is 22.8 Å². The third-order valence-corrected chi connectivity index (χ3v) is 2.93. The number of halogens is 1. The number of benzene rings is 1. The second-order valence-corrected chi connectivity index (χ2v) is 4.32. The lowest BCUT2D eigenvalue weighted by molar-refractivity contribution is -0.117. The normalized spacial score (nSPS) is 11.8. The van der Waals surface area contributed by atoms with Crippen molar-refractivity contribution < 1.29 is 19.0 Å². The van der Waals surface area contributed by atoms with E-state index >= 15 is 0 Å². The number of carbonyl (C=O) groups is 1. The molecule has 0 aliphatic heterocycles. The highest BCUT2D eigenvalue weighted by molar-refractivity contribution is 6.22. The number of hydrogen-bond donors (Lipinski definition) is 0. The lowest BCUT2D eigenvalue weighted by atomic mass is 10.1. The van der Waals surface area contributed by atoms with E-state index in [0.717, 1.165) is 0 Å². The summed E-state index contributed by atoms with van der Waals surface area (Å²) in [5.74, 6) is 1.56. The van der Waals surface area contributed by atoms with Crippen molar-refractivity contribution in [3.05, 3.63) is 17.7 Å². The average molecular weight is 273 g/mol. The zero-order chi connectivity index (χ0) is 13.7. The van der Waals surface area contributed by atoms with Gasteiger partial charge in [-0.15, -0.1) is 11.6 Å². The van der Waals surface area contributed by atoms with Crippen molar-refractivity contribution in [3.8, 4) is 17.2 Å². The molecule has 5 heteroatoms. The number of rotatable bonds is 6. The van der Waals surface area contributed by atoms with Gasteiger partial charge in [-0.3, -0.25) is 4.79 Å². The average Bonchev–Trinajstić information content (AvgIpc) is 2.35. The molecule has 0 fully saturated rings. The van der Waals surface area contributed by atoms with E-state index in [1.165, 1.54) is 21.1 Å². The lowest BCUT2D eigenvalue weighted by Crippen LogP contribution is -2.03. The molecule has 0 spiro atoms. The minimum atomic E-state index is -0.447. The molecule has 18 heavy (non-hydrogen) atoms. The van der Waals surface area contributed by atoms with Crippen LogP contribution in [0.5, 0.6) is 17.2 Å². The Hall–Kier alpha value is -1.42. The van der Waals surface area contributed by atoms with Crippen LogP contribution in [0, 0.1) is 0 Å². The van der Waals surface area contributed by atoms with Gasteiger partial charge in [-0.2, -0.15) is 0 Å². The van der Waals surface area contributed by atoms with E-state index in [9.17, 15) is 4.79 Å². The molecule has 4 nitrogen and oxygen atoms in total. The molecule has 1 atom stereocenters. The van der Waals surface area contributed by atoms with Gasteiger partial charge in [0.2, 0.25) is 5.75 Å². The molecular weight excluding hydrogens is 256 g/mol. The molecule has 0 N–H and O–H groups in total. The van der Waals surface area contributed by atoms with Gasteiger partial charge in [0, 0.05) is 12.0 Å².